The van der Waals surface area contributed by atoms with Gasteiger partial charge in [0.1, 0.15) is 0 Å². The maximum Gasteiger partial charge on any atom is 0.308 e. The third-order valence-corrected chi connectivity index (χ3v) is 11.4. The Morgan fingerprint density at radius 1 is 0.933 bits per heavy atom. The largest absolute Gasteiger partial charge is 0.466 e. The highest BCUT2D eigenvalue weighted by molar-refractivity contribution is 8.04. The number of carbonyl (C=O) groups excluding carboxylic acids is 3. The number of amides is 2. The molecule has 2 amide bonds. The number of aryl methyl sites for hydroxylation is 1. The fourth-order valence-electron chi connectivity index (χ4n) is 7.43. The number of anilines is 1. The van der Waals surface area contributed by atoms with E-state index < -0.39 is 0 Å². The molecule has 0 bridgehead atoms. The number of nitrogens with one attached hydrogen (secondary N) is 1. The molecule has 0 aromatic heterocycles. The van der Waals surface area contributed by atoms with Gasteiger partial charge in [-0.05, 0) is 124 Å². The minimum absolute atomic E-state index is 0.0233. The van der Waals surface area contributed by atoms with Gasteiger partial charge < -0.3 is 15.0 Å². The number of nitrogens with zero attached hydrogens (tertiary/aromatic N) is 2. The molecule has 2 saturated carbocycles. The van der Waals surface area contributed by atoms with Gasteiger partial charge in [0.25, 0.3) is 5.91 Å². The van der Waals surface area contributed by atoms with Gasteiger partial charge in [0.15, 0.2) is 0 Å². The van der Waals surface area contributed by atoms with E-state index in [0.29, 0.717) is 24.3 Å². The first-order valence-electron chi connectivity index (χ1n) is 16.9. The highest BCUT2D eigenvalue weighted by atomic mass is 32.2. The highest BCUT2D eigenvalue weighted by Crippen LogP contribution is 2.48. The summed E-state index contributed by atoms with van der Waals surface area (Å²) < 4.78 is 5.28. The molecule has 8 heteroatoms. The second-order valence-corrected chi connectivity index (χ2v) is 14.5. The Bertz CT molecular complexity index is 1440. The monoisotopic (exact) mass is 629 g/mol. The summed E-state index contributed by atoms with van der Waals surface area (Å²) in [5, 5.41) is 2.96. The number of ether oxygens (including phenoxy) is 1. The van der Waals surface area contributed by atoms with Gasteiger partial charge in [0, 0.05) is 36.9 Å². The number of hydrogen-bond acceptors (Lipinski definition) is 6. The SMILES string of the molecule is CCOC(=O)C1CCC(N(Cc2cccc(C(=O)NC3SC4=C(CCCC4)C3C(=O)N(C)c3cccc(C)c3)c2)C2CC2)CC1. The molecule has 3 aliphatic carbocycles. The van der Waals surface area contributed by atoms with Crippen LogP contribution in [0.15, 0.2) is 59.0 Å². The average Bonchev–Trinajstić information content (AvgIpc) is 3.83. The van der Waals surface area contributed by atoms with Crippen LogP contribution in [0.2, 0.25) is 0 Å². The lowest BCUT2D eigenvalue weighted by atomic mass is 9.85. The topological polar surface area (TPSA) is 79.0 Å². The summed E-state index contributed by atoms with van der Waals surface area (Å²) in [4.78, 5) is 45.7. The molecule has 7 nitrogen and oxygen atoms in total. The van der Waals surface area contributed by atoms with Crippen LogP contribution in [-0.4, -0.2) is 53.8 Å². The second kappa shape index (κ2) is 14.1. The zero-order valence-electron chi connectivity index (χ0n) is 26.9. The number of rotatable bonds is 10. The number of benzene rings is 2. The van der Waals surface area contributed by atoms with Crippen LogP contribution < -0.4 is 10.2 Å². The van der Waals surface area contributed by atoms with Crippen LogP contribution >= 0.6 is 11.8 Å². The smallest absolute Gasteiger partial charge is 0.308 e. The van der Waals surface area contributed by atoms with Crippen LogP contribution in [0.3, 0.4) is 0 Å². The first kappa shape index (κ1) is 31.9. The Morgan fingerprint density at radius 3 is 2.36 bits per heavy atom. The van der Waals surface area contributed by atoms with Gasteiger partial charge in [-0.1, -0.05) is 24.3 Å². The Morgan fingerprint density at radius 2 is 1.64 bits per heavy atom. The van der Waals surface area contributed by atoms with Gasteiger partial charge in [0.2, 0.25) is 5.91 Å². The van der Waals surface area contributed by atoms with Gasteiger partial charge in [0.05, 0.1) is 23.8 Å². The fraction of sp³-hybridized carbons (Fsp3) is 0.541. The third kappa shape index (κ3) is 7.33. The summed E-state index contributed by atoms with van der Waals surface area (Å²) in [6, 6.07) is 17.1. The number of carbonyl (C=O) groups is 3. The van der Waals surface area contributed by atoms with Crippen molar-refractivity contribution in [3.63, 3.8) is 0 Å². The van der Waals surface area contributed by atoms with Crippen LogP contribution in [0, 0.1) is 18.8 Å². The molecule has 2 unspecified atom stereocenters. The predicted octanol–water partition coefficient (Wildman–Crippen LogP) is 6.99. The van der Waals surface area contributed by atoms with E-state index in [1.807, 2.05) is 63.4 Å². The van der Waals surface area contributed by atoms with E-state index in [-0.39, 0.29) is 35.0 Å². The first-order valence-corrected chi connectivity index (χ1v) is 17.7. The van der Waals surface area contributed by atoms with Crippen LogP contribution in [0.25, 0.3) is 0 Å². The number of esters is 1. The average molecular weight is 630 g/mol. The number of thioether (sulfide) groups is 1. The molecular weight excluding hydrogens is 582 g/mol. The summed E-state index contributed by atoms with van der Waals surface area (Å²) >= 11 is 1.68. The molecule has 240 valence electrons. The minimum Gasteiger partial charge on any atom is -0.466 e. The minimum atomic E-state index is -0.363. The lowest BCUT2D eigenvalue weighted by Crippen LogP contribution is -2.45. The zero-order valence-corrected chi connectivity index (χ0v) is 27.7. The molecule has 2 aromatic carbocycles. The van der Waals surface area contributed by atoms with E-state index in [0.717, 1.165) is 74.7 Å². The molecule has 0 spiro atoms. The van der Waals surface area contributed by atoms with Crippen LogP contribution in [-0.2, 0) is 20.9 Å². The van der Waals surface area contributed by atoms with Gasteiger partial charge in [-0.25, -0.2) is 0 Å². The molecule has 0 saturated heterocycles. The van der Waals surface area contributed by atoms with Gasteiger partial charge in [-0.15, -0.1) is 11.8 Å². The number of hydrogen-bond donors (Lipinski definition) is 1. The standard InChI is InChI=1S/C37H47N3O4S/c1-4-44-37(43)26-15-17-28(18-16-26)40(29-19-20-29)23-25-10-8-11-27(22-25)34(41)38-35-33(31-13-5-6-14-32(31)45-35)36(42)39(3)30-12-7-9-24(2)21-30/h7-12,21-22,26,28-29,33,35H,4-6,13-20,23H2,1-3H3,(H,38,41). The van der Waals surface area contributed by atoms with Crippen molar-refractivity contribution in [3.05, 3.63) is 75.7 Å². The molecule has 1 N–H and O–H groups in total. The Labute approximate surface area is 272 Å². The zero-order chi connectivity index (χ0) is 31.5. The van der Waals surface area contributed by atoms with Crippen molar-refractivity contribution in [1.29, 1.82) is 0 Å². The van der Waals surface area contributed by atoms with E-state index in [4.69, 9.17) is 4.74 Å². The maximum atomic E-state index is 14.0. The Hall–Kier alpha value is -3.10. The third-order valence-electron chi connectivity index (χ3n) is 10.0. The molecule has 4 aliphatic rings. The van der Waals surface area contributed by atoms with Crippen LogP contribution in [0.5, 0.6) is 0 Å². The normalized spacial score (nSPS) is 24.7. The summed E-state index contributed by atoms with van der Waals surface area (Å²) in [5.74, 6) is -0.474. The van der Waals surface area contributed by atoms with Gasteiger partial charge in [-0.2, -0.15) is 0 Å². The molecule has 0 radical (unpaired) electrons. The molecule has 2 aromatic rings. The Kier molecular flexibility index (Phi) is 10.0. The van der Waals surface area contributed by atoms with Crippen molar-refractivity contribution in [2.45, 2.75) is 102 Å². The molecule has 2 fully saturated rings. The van der Waals surface area contributed by atoms with Crippen molar-refractivity contribution in [2.24, 2.45) is 11.8 Å². The fourth-order valence-corrected chi connectivity index (χ4v) is 8.96. The van der Waals surface area contributed by atoms with E-state index in [9.17, 15) is 14.4 Å². The predicted molar refractivity (Wildman–Crippen MR) is 180 cm³/mol. The van der Waals surface area contributed by atoms with Crippen molar-refractivity contribution < 1.29 is 19.1 Å². The summed E-state index contributed by atoms with van der Waals surface area (Å²) in [6.45, 7) is 5.15. The van der Waals surface area contributed by atoms with E-state index >= 15 is 0 Å². The Balaban J connectivity index is 1.13. The van der Waals surface area contributed by atoms with E-state index in [1.165, 1.54) is 23.3 Å². The lowest BCUT2D eigenvalue weighted by molar-refractivity contribution is -0.149. The van der Waals surface area contributed by atoms with Crippen LogP contribution in [0.4, 0.5) is 5.69 Å². The molecule has 1 heterocycles. The lowest BCUT2D eigenvalue weighted by Gasteiger charge is -2.36. The molecule has 6 rings (SSSR count). The van der Waals surface area contributed by atoms with Crippen molar-refractivity contribution in [1.82, 2.24) is 10.2 Å². The van der Waals surface area contributed by atoms with Crippen molar-refractivity contribution in [3.8, 4) is 0 Å². The van der Waals surface area contributed by atoms with E-state index in [1.54, 1.807) is 16.7 Å². The van der Waals surface area contributed by atoms with Crippen molar-refractivity contribution in [2.75, 3.05) is 18.6 Å². The molecule has 1 aliphatic heterocycles. The first-order chi connectivity index (χ1) is 21.8. The van der Waals surface area contributed by atoms with Crippen LogP contribution in [0.1, 0.15) is 92.6 Å². The quantitative estimate of drug-likeness (QED) is 0.286. The summed E-state index contributed by atoms with van der Waals surface area (Å²) in [7, 11) is 1.85. The molecule has 2 atom stereocenters. The van der Waals surface area contributed by atoms with Crippen molar-refractivity contribution >= 4 is 35.2 Å². The summed E-state index contributed by atoms with van der Waals surface area (Å²) in [5.41, 5.74) is 4.97. The number of allylic oxidation sites excluding steroid dienone is 1. The molecule has 45 heavy (non-hydrogen) atoms. The summed E-state index contributed by atoms with van der Waals surface area (Å²) in [6.07, 6.45) is 10.3. The molecular formula is C37H47N3O4S. The highest BCUT2D eigenvalue weighted by Gasteiger charge is 2.43. The van der Waals surface area contributed by atoms with Gasteiger partial charge in [-0.3, -0.25) is 19.3 Å². The van der Waals surface area contributed by atoms with Gasteiger partial charge >= 0.3 is 5.97 Å². The second-order valence-electron chi connectivity index (χ2n) is 13.2. The van der Waals surface area contributed by atoms with E-state index in [2.05, 4.69) is 16.3 Å². The maximum absolute atomic E-state index is 14.0.